The highest BCUT2D eigenvalue weighted by Gasteiger charge is 2.12. The summed E-state index contributed by atoms with van der Waals surface area (Å²) in [6.07, 6.45) is 8.18. The first-order valence-corrected chi connectivity index (χ1v) is 8.40. The molecule has 2 rings (SSSR count). The SMILES string of the molecule is C=C/C(C)=C(\C=C/COC)c1c[nH]c2c(OCCC)cccc2c1=O. The summed E-state index contributed by atoms with van der Waals surface area (Å²) in [7, 11) is 1.63. The lowest BCUT2D eigenvalue weighted by atomic mass is 9.99. The van der Waals surface area contributed by atoms with Gasteiger partial charge in [0, 0.05) is 24.3 Å². The molecule has 0 radical (unpaired) electrons. The second-order valence-corrected chi connectivity index (χ2v) is 5.72. The van der Waals surface area contributed by atoms with Crippen molar-refractivity contribution >= 4 is 16.5 Å². The Morgan fingerprint density at radius 3 is 2.84 bits per heavy atom. The number of allylic oxidation sites excluding steroid dienone is 4. The molecule has 1 aromatic carbocycles. The second-order valence-electron chi connectivity index (χ2n) is 5.72. The van der Waals surface area contributed by atoms with Crippen LogP contribution >= 0.6 is 0 Å². The van der Waals surface area contributed by atoms with Gasteiger partial charge in [0.25, 0.3) is 0 Å². The van der Waals surface area contributed by atoms with E-state index in [1.807, 2.05) is 44.2 Å². The van der Waals surface area contributed by atoms with Gasteiger partial charge < -0.3 is 14.5 Å². The number of aromatic nitrogens is 1. The first-order chi connectivity index (χ1) is 12.1. The molecule has 0 unspecified atom stereocenters. The predicted molar refractivity (Wildman–Crippen MR) is 104 cm³/mol. The fraction of sp³-hybridized carbons (Fsp3) is 0.286. The lowest BCUT2D eigenvalue weighted by Gasteiger charge is -2.11. The van der Waals surface area contributed by atoms with Gasteiger partial charge >= 0.3 is 0 Å². The Bertz CT molecular complexity index is 859. The smallest absolute Gasteiger partial charge is 0.197 e. The maximum Gasteiger partial charge on any atom is 0.197 e. The van der Waals surface area contributed by atoms with Crippen LogP contribution in [0, 0.1) is 0 Å². The number of rotatable bonds is 8. The summed E-state index contributed by atoms with van der Waals surface area (Å²) in [5.41, 5.74) is 3.05. The molecule has 0 spiro atoms. The Balaban J connectivity index is 2.60. The zero-order valence-electron chi connectivity index (χ0n) is 15.1. The van der Waals surface area contributed by atoms with Gasteiger partial charge in [-0.2, -0.15) is 0 Å². The van der Waals surface area contributed by atoms with Crippen molar-refractivity contribution in [2.75, 3.05) is 20.3 Å². The number of pyridine rings is 1. The van der Waals surface area contributed by atoms with E-state index in [1.54, 1.807) is 19.4 Å². The van der Waals surface area contributed by atoms with Crippen LogP contribution in [0.2, 0.25) is 0 Å². The van der Waals surface area contributed by atoms with E-state index in [2.05, 4.69) is 11.6 Å². The van der Waals surface area contributed by atoms with Crippen LogP contribution in [0.5, 0.6) is 5.75 Å². The number of benzene rings is 1. The molecule has 2 aromatic rings. The van der Waals surface area contributed by atoms with Crippen LogP contribution in [0.4, 0.5) is 0 Å². The lowest BCUT2D eigenvalue weighted by Crippen LogP contribution is -2.10. The summed E-state index contributed by atoms with van der Waals surface area (Å²) < 4.78 is 10.8. The number of ether oxygens (including phenoxy) is 2. The van der Waals surface area contributed by atoms with Crippen molar-refractivity contribution in [1.29, 1.82) is 0 Å². The van der Waals surface area contributed by atoms with E-state index in [0.29, 0.717) is 29.9 Å². The molecule has 0 bridgehead atoms. The van der Waals surface area contributed by atoms with Crippen molar-refractivity contribution in [3.63, 3.8) is 0 Å². The Labute approximate surface area is 148 Å². The quantitative estimate of drug-likeness (QED) is 0.722. The molecule has 0 aliphatic heterocycles. The highest BCUT2D eigenvalue weighted by Crippen LogP contribution is 2.25. The van der Waals surface area contributed by atoms with Crippen molar-refractivity contribution < 1.29 is 9.47 Å². The molecule has 0 atom stereocenters. The fourth-order valence-corrected chi connectivity index (χ4v) is 2.56. The van der Waals surface area contributed by atoms with Crippen LogP contribution in [0.3, 0.4) is 0 Å². The highest BCUT2D eigenvalue weighted by molar-refractivity contribution is 5.89. The fourth-order valence-electron chi connectivity index (χ4n) is 2.56. The largest absolute Gasteiger partial charge is 0.491 e. The summed E-state index contributed by atoms with van der Waals surface area (Å²) in [6.45, 7) is 8.90. The Hall–Kier alpha value is -2.59. The molecule has 1 N–H and O–H groups in total. The third-order valence-electron chi connectivity index (χ3n) is 3.91. The second kappa shape index (κ2) is 9.04. The minimum Gasteiger partial charge on any atom is -0.491 e. The number of methoxy groups -OCH3 is 1. The highest BCUT2D eigenvalue weighted by atomic mass is 16.5. The van der Waals surface area contributed by atoms with Crippen LogP contribution in [0.25, 0.3) is 16.5 Å². The first kappa shape index (κ1) is 18.7. The lowest BCUT2D eigenvalue weighted by molar-refractivity contribution is 0.234. The number of fused-ring (bicyclic) bond motifs is 1. The van der Waals surface area contributed by atoms with Crippen LogP contribution in [0.1, 0.15) is 25.8 Å². The van der Waals surface area contributed by atoms with Gasteiger partial charge in [-0.3, -0.25) is 4.79 Å². The third kappa shape index (κ3) is 4.28. The zero-order valence-corrected chi connectivity index (χ0v) is 15.1. The maximum absolute atomic E-state index is 13.0. The third-order valence-corrected chi connectivity index (χ3v) is 3.91. The molecule has 0 aliphatic rings. The normalized spacial score (nSPS) is 12.4. The molecule has 0 amide bonds. The van der Waals surface area contributed by atoms with E-state index >= 15 is 0 Å². The average molecular weight is 339 g/mol. The van der Waals surface area contributed by atoms with E-state index in [0.717, 1.165) is 23.1 Å². The summed E-state index contributed by atoms with van der Waals surface area (Å²) in [5.74, 6) is 0.698. The van der Waals surface area contributed by atoms with E-state index < -0.39 is 0 Å². The zero-order chi connectivity index (χ0) is 18.2. The van der Waals surface area contributed by atoms with Crippen molar-refractivity contribution in [2.24, 2.45) is 0 Å². The summed E-state index contributed by atoms with van der Waals surface area (Å²) >= 11 is 0. The molecule has 1 aromatic heterocycles. The number of H-pyrrole nitrogens is 1. The first-order valence-electron chi connectivity index (χ1n) is 8.40. The van der Waals surface area contributed by atoms with Crippen LogP contribution in [0.15, 0.2) is 59.6 Å². The number of para-hydroxylation sites is 1. The average Bonchev–Trinajstić information content (AvgIpc) is 2.64. The standard InChI is InChI=1S/C21H25NO3/c1-5-12-25-19-11-7-9-17-20(19)22-14-18(21(17)23)16(15(3)6-2)10-8-13-24-4/h6-11,14H,2,5,12-13H2,1,3-4H3,(H,22,23)/b10-8-,16-15+. The van der Waals surface area contributed by atoms with Gasteiger partial charge in [0.2, 0.25) is 0 Å². The van der Waals surface area contributed by atoms with E-state index in [4.69, 9.17) is 9.47 Å². The van der Waals surface area contributed by atoms with Crippen molar-refractivity contribution in [3.05, 3.63) is 70.6 Å². The Morgan fingerprint density at radius 1 is 1.36 bits per heavy atom. The van der Waals surface area contributed by atoms with Crippen LogP contribution < -0.4 is 10.2 Å². The van der Waals surface area contributed by atoms with E-state index in [9.17, 15) is 4.79 Å². The topological polar surface area (TPSA) is 51.3 Å². The van der Waals surface area contributed by atoms with Crippen LogP contribution in [-0.2, 0) is 4.74 Å². The van der Waals surface area contributed by atoms with Crippen molar-refractivity contribution in [1.82, 2.24) is 4.98 Å². The van der Waals surface area contributed by atoms with Crippen molar-refractivity contribution in [2.45, 2.75) is 20.3 Å². The van der Waals surface area contributed by atoms with E-state index in [-0.39, 0.29) is 5.43 Å². The maximum atomic E-state index is 13.0. The van der Waals surface area contributed by atoms with Crippen LogP contribution in [-0.4, -0.2) is 25.3 Å². The van der Waals surface area contributed by atoms with Gasteiger partial charge in [-0.05, 0) is 36.6 Å². The number of aromatic amines is 1. The van der Waals surface area contributed by atoms with Crippen molar-refractivity contribution in [3.8, 4) is 5.75 Å². The molecule has 0 saturated carbocycles. The van der Waals surface area contributed by atoms with Gasteiger partial charge in [-0.15, -0.1) is 0 Å². The number of nitrogens with one attached hydrogen (secondary N) is 1. The molecule has 4 heteroatoms. The summed E-state index contributed by atoms with van der Waals surface area (Å²) in [4.78, 5) is 16.3. The summed E-state index contributed by atoms with van der Waals surface area (Å²) in [6, 6.07) is 5.53. The molecular formula is C21H25NO3. The van der Waals surface area contributed by atoms with Gasteiger partial charge in [0.1, 0.15) is 5.75 Å². The molecule has 0 aliphatic carbocycles. The minimum absolute atomic E-state index is 0.0334. The Kier molecular flexibility index (Phi) is 6.78. The Morgan fingerprint density at radius 2 is 2.16 bits per heavy atom. The molecule has 1 heterocycles. The molecule has 0 saturated heterocycles. The van der Waals surface area contributed by atoms with Gasteiger partial charge in [-0.25, -0.2) is 0 Å². The predicted octanol–water partition coefficient (Wildman–Crippen LogP) is 4.48. The van der Waals surface area contributed by atoms with Gasteiger partial charge in [0.05, 0.1) is 18.7 Å². The summed E-state index contributed by atoms with van der Waals surface area (Å²) in [5, 5.41) is 0.612. The molecule has 0 fully saturated rings. The number of hydrogen-bond acceptors (Lipinski definition) is 3. The van der Waals surface area contributed by atoms with Gasteiger partial charge in [0.15, 0.2) is 5.43 Å². The molecular weight excluding hydrogens is 314 g/mol. The minimum atomic E-state index is -0.0334. The van der Waals surface area contributed by atoms with Gasteiger partial charge in [-0.1, -0.05) is 37.8 Å². The monoisotopic (exact) mass is 339 g/mol. The number of hydrogen-bond donors (Lipinski definition) is 1. The molecule has 132 valence electrons. The molecule has 25 heavy (non-hydrogen) atoms. The van der Waals surface area contributed by atoms with E-state index in [1.165, 1.54) is 0 Å². The molecule has 4 nitrogen and oxygen atoms in total.